The fraction of sp³-hybridized carbons (Fsp3) is 0.211. The van der Waals surface area contributed by atoms with E-state index >= 15 is 0 Å². The molecule has 3 rings (SSSR count). The number of nitrogens with one attached hydrogen (secondary N) is 2. The number of amides is 1. The van der Waals surface area contributed by atoms with Crippen molar-refractivity contribution in [3.8, 4) is 11.5 Å². The van der Waals surface area contributed by atoms with E-state index < -0.39 is 0 Å². The normalized spacial score (nSPS) is 18.1. The molecule has 2 N–H and O–H groups in total. The minimum Gasteiger partial charge on any atom is -0.497 e. The smallest absolute Gasteiger partial charge is 0.260 e. The lowest BCUT2D eigenvalue weighted by Gasteiger charge is -2.16. The Kier molecular flexibility index (Phi) is 5.19. The van der Waals surface area contributed by atoms with E-state index in [-0.39, 0.29) is 11.4 Å². The van der Waals surface area contributed by atoms with Crippen molar-refractivity contribution in [1.82, 2.24) is 5.32 Å². The minimum absolute atomic E-state index is 0.100. The zero-order valence-electron chi connectivity index (χ0n) is 14.3. The summed E-state index contributed by atoms with van der Waals surface area (Å²) in [5, 5.41) is 6.24. The second-order valence-electron chi connectivity index (χ2n) is 5.60. The van der Waals surface area contributed by atoms with Gasteiger partial charge in [-0.25, -0.2) is 0 Å². The Bertz CT molecular complexity index is 820. The third kappa shape index (κ3) is 4.09. The summed E-state index contributed by atoms with van der Waals surface area (Å²) in [5.74, 6) is 1.40. The molecule has 1 atom stereocenters. The quantitative estimate of drug-likeness (QED) is 0.802. The highest BCUT2D eigenvalue weighted by molar-refractivity contribution is 8.05. The summed E-state index contributed by atoms with van der Waals surface area (Å²) in [7, 11) is 3.25. The number of rotatable bonds is 5. The highest BCUT2D eigenvalue weighted by atomic mass is 32.2. The van der Waals surface area contributed by atoms with Gasteiger partial charge in [0.05, 0.1) is 24.8 Å². The van der Waals surface area contributed by atoms with Crippen LogP contribution >= 0.6 is 11.8 Å². The van der Waals surface area contributed by atoms with Gasteiger partial charge < -0.3 is 20.1 Å². The molecule has 1 saturated heterocycles. The lowest BCUT2D eigenvalue weighted by molar-refractivity contribution is -0.116. The summed E-state index contributed by atoms with van der Waals surface area (Å²) in [6.07, 6.45) is 1.86. The lowest BCUT2D eigenvalue weighted by atomic mass is 10.2. The molecule has 0 radical (unpaired) electrons. The van der Waals surface area contributed by atoms with Crippen LogP contribution in [-0.2, 0) is 4.79 Å². The van der Waals surface area contributed by atoms with Gasteiger partial charge in [-0.15, -0.1) is 0 Å². The molecule has 0 spiro atoms. The molecule has 1 unspecified atom stereocenters. The van der Waals surface area contributed by atoms with Crippen LogP contribution in [0.2, 0.25) is 0 Å². The number of carbonyl (C=O) groups is 1. The molecule has 1 fully saturated rings. The molecule has 25 heavy (non-hydrogen) atoms. The first-order valence-electron chi connectivity index (χ1n) is 7.83. The number of benzene rings is 2. The van der Waals surface area contributed by atoms with E-state index in [0.29, 0.717) is 4.91 Å². The molecular weight excluding hydrogens is 336 g/mol. The summed E-state index contributed by atoms with van der Waals surface area (Å²) in [4.78, 5) is 12.9. The van der Waals surface area contributed by atoms with Crippen LogP contribution in [0.5, 0.6) is 11.5 Å². The molecule has 0 saturated carbocycles. The number of hydrogen-bond donors (Lipinski definition) is 2. The fourth-order valence-corrected chi connectivity index (χ4v) is 3.50. The van der Waals surface area contributed by atoms with Gasteiger partial charge >= 0.3 is 0 Å². The molecule has 5 nitrogen and oxygen atoms in total. The number of ether oxygens (including phenoxy) is 2. The van der Waals surface area contributed by atoms with Gasteiger partial charge in [0.15, 0.2) is 5.50 Å². The Labute approximate surface area is 151 Å². The summed E-state index contributed by atoms with van der Waals surface area (Å²) in [5.41, 5.74) is 2.64. The predicted molar refractivity (Wildman–Crippen MR) is 102 cm³/mol. The van der Waals surface area contributed by atoms with Crippen molar-refractivity contribution in [2.45, 2.75) is 12.4 Å². The van der Waals surface area contributed by atoms with E-state index in [9.17, 15) is 4.79 Å². The molecule has 2 aromatic rings. The number of aryl methyl sites for hydroxylation is 1. The van der Waals surface area contributed by atoms with Crippen LogP contribution in [0.1, 0.15) is 11.1 Å². The van der Waals surface area contributed by atoms with Crippen molar-refractivity contribution in [2.75, 3.05) is 19.5 Å². The topological polar surface area (TPSA) is 59.6 Å². The molecule has 2 aromatic carbocycles. The molecule has 0 bridgehead atoms. The Morgan fingerprint density at radius 3 is 2.76 bits per heavy atom. The molecular formula is C19H20N2O3S. The van der Waals surface area contributed by atoms with Gasteiger partial charge in [-0.3, -0.25) is 4.79 Å². The predicted octanol–water partition coefficient (Wildman–Crippen LogP) is 3.61. The van der Waals surface area contributed by atoms with Crippen molar-refractivity contribution in [3.05, 3.63) is 58.5 Å². The Balaban J connectivity index is 1.76. The van der Waals surface area contributed by atoms with Crippen LogP contribution in [0.3, 0.4) is 0 Å². The second-order valence-corrected chi connectivity index (χ2v) is 6.75. The highest BCUT2D eigenvalue weighted by Crippen LogP contribution is 2.33. The molecule has 1 aliphatic rings. The summed E-state index contributed by atoms with van der Waals surface area (Å²) in [6.45, 7) is 2.01. The molecule has 1 aliphatic heterocycles. The number of methoxy groups -OCH3 is 2. The van der Waals surface area contributed by atoms with Gasteiger partial charge in [-0.1, -0.05) is 30.0 Å². The minimum atomic E-state index is -0.250. The van der Waals surface area contributed by atoms with Crippen molar-refractivity contribution in [1.29, 1.82) is 0 Å². The molecule has 0 aromatic heterocycles. The first-order chi connectivity index (χ1) is 12.1. The second kappa shape index (κ2) is 7.53. The van der Waals surface area contributed by atoms with Gasteiger partial charge in [0.1, 0.15) is 11.5 Å². The standard InChI is InChI=1S/C19H20N2O3S/c1-12-7-8-16(24-3)15(9-12)20-19-21-18(22)17(25-19)11-13-5-4-6-14(10-13)23-2/h4-11,19-20H,1-3H3,(H,21,22)/b17-11-. The molecule has 0 aliphatic carbocycles. The number of anilines is 1. The third-order valence-corrected chi connectivity index (χ3v) is 4.79. The van der Waals surface area contributed by atoms with Crippen LogP contribution in [0.15, 0.2) is 47.4 Å². The van der Waals surface area contributed by atoms with E-state index in [1.54, 1.807) is 14.2 Å². The summed E-state index contributed by atoms with van der Waals surface area (Å²) < 4.78 is 10.6. The van der Waals surface area contributed by atoms with Crippen LogP contribution in [0.4, 0.5) is 5.69 Å². The van der Waals surface area contributed by atoms with E-state index in [1.165, 1.54) is 11.8 Å². The number of hydrogen-bond acceptors (Lipinski definition) is 5. The van der Waals surface area contributed by atoms with E-state index in [0.717, 1.165) is 28.3 Å². The highest BCUT2D eigenvalue weighted by Gasteiger charge is 2.27. The van der Waals surface area contributed by atoms with Gasteiger partial charge in [0.2, 0.25) is 0 Å². The molecule has 130 valence electrons. The van der Waals surface area contributed by atoms with Crippen molar-refractivity contribution in [3.63, 3.8) is 0 Å². The first-order valence-corrected chi connectivity index (χ1v) is 8.71. The Morgan fingerprint density at radius 2 is 2.00 bits per heavy atom. The van der Waals surface area contributed by atoms with Gasteiger partial charge in [-0.2, -0.15) is 0 Å². The Morgan fingerprint density at radius 1 is 1.16 bits per heavy atom. The Hall–Kier alpha value is -2.60. The third-order valence-electron chi connectivity index (χ3n) is 3.76. The van der Waals surface area contributed by atoms with Gasteiger partial charge in [-0.05, 0) is 48.4 Å². The fourth-order valence-electron chi connectivity index (χ4n) is 2.52. The van der Waals surface area contributed by atoms with Crippen LogP contribution in [0, 0.1) is 6.92 Å². The first kappa shape index (κ1) is 17.2. The van der Waals surface area contributed by atoms with E-state index in [2.05, 4.69) is 10.6 Å². The van der Waals surface area contributed by atoms with Crippen LogP contribution < -0.4 is 20.1 Å². The SMILES string of the molecule is COc1cccc(/C=C2\SC(Nc3cc(C)ccc3OC)NC2=O)c1. The number of carbonyl (C=O) groups excluding carboxylic acids is 1. The summed E-state index contributed by atoms with van der Waals surface area (Å²) >= 11 is 1.44. The molecule has 6 heteroatoms. The largest absolute Gasteiger partial charge is 0.497 e. The van der Waals surface area contributed by atoms with Crippen molar-refractivity contribution < 1.29 is 14.3 Å². The van der Waals surface area contributed by atoms with E-state index in [1.807, 2.05) is 55.5 Å². The molecule has 1 heterocycles. The number of thioether (sulfide) groups is 1. The maximum atomic E-state index is 12.3. The van der Waals surface area contributed by atoms with Crippen molar-refractivity contribution >= 4 is 29.4 Å². The molecule has 1 amide bonds. The van der Waals surface area contributed by atoms with Crippen molar-refractivity contribution in [2.24, 2.45) is 0 Å². The van der Waals surface area contributed by atoms with Gasteiger partial charge in [0.25, 0.3) is 5.91 Å². The zero-order chi connectivity index (χ0) is 17.8. The average molecular weight is 356 g/mol. The summed E-state index contributed by atoms with van der Waals surface area (Å²) in [6, 6.07) is 13.5. The maximum Gasteiger partial charge on any atom is 0.260 e. The van der Waals surface area contributed by atoms with E-state index in [4.69, 9.17) is 9.47 Å². The monoisotopic (exact) mass is 356 g/mol. The lowest BCUT2D eigenvalue weighted by Crippen LogP contribution is -2.31. The van der Waals surface area contributed by atoms with Crippen LogP contribution in [-0.4, -0.2) is 25.6 Å². The maximum absolute atomic E-state index is 12.3. The van der Waals surface area contributed by atoms with Gasteiger partial charge in [0, 0.05) is 0 Å². The zero-order valence-corrected chi connectivity index (χ0v) is 15.1. The average Bonchev–Trinajstić information content (AvgIpc) is 2.94. The van der Waals surface area contributed by atoms with Crippen LogP contribution in [0.25, 0.3) is 6.08 Å².